The molecule has 0 radical (unpaired) electrons. The van der Waals surface area contributed by atoms with Crippen molar-refractivity contribution in [2.75, 3.05) is 0 Å². The van der Waals surface area contributed by atoms with Gasteiger partial charge in [0.2, 0.25) is 5.71 Å². The van der Waals surface area contributed by atoms with Gasteiger partial charge in [-0.05, 0) is 0 Å². The van der Waals surface area contributed by atoms with E-state index in [1.54, 1.807) is 0 Å². The Morgan fingerprint density at radius 2 is 1.62 bits per heavy atom. The Bertz CT molecular complexity index is 457. The lowest BCUT2D eigenvalue weighted by atomic mass is 10.1. The first kappa shape index (κ1) is 11.4. The van der Waals surface area contributed by atoms with Gasteiger partial charge in [-0.3, -0.25) is 20.2 Å². The fourth-order valence-corrected chi connectivity index (χ4v) is 1.07. The second-order valence-corrected chi connectivity index (χ2v) is 2.74. The summed E-state index contributed by atoms with van der Waals surface area (Å²) in [4.78, 5) is 17.4. The Morgan fingerprint density at radius 3 is 2.00 bits per heavy atom. The van der Waals surface area contributed by atoms with Gasteiger partial charge in [-0.25, -0.2) is 0 Å². The van der Waals surface area contributed by atoms with E-state index in [1.165, 1.54) is 0 Å². The van der Waals surface area contributed by atoms with E-state index in [0.717, 1.165) is 0 Å². The Balaban J connectivity index is 3.38. The molecule has 1 aliphatic rings. The number of rotatable bonds is 2. The molecule has 0 aromatic heterocycles. The second kappa shape index (κ2) is 3.84. The van der Waals surface area contributed by atoms with E-state index in [2.05, 4.69) is 0 Å². The number of hydrogen-bond donors (Lipinski definition) is 0. The van der Waals surface area contributed by atoms with Crippen LogP contribution >= 0.6 is 0 Å². The van der Waals surface area contributed by atoms with E-state index in [-0.39, 0.29) is 0 Å². The van der Waals surface area contributed by atoms with Crippen molar-refractivity contribution in [3.05, 3.63) is 53.9 Å². The monoisotopic (exact) mass is 229 g/mol. The minimum Gasteiger partial charge on any atom is -0.863 e. The minimum absolute atomic E-state index is 0.440. The maximum Gasteiger partial charge on any atom is 0.274 e. The number of allylic oxidation sites excluding steroid dienone is 2. The van der Waals surface area contributed by atoms with Crippen LogP contribution in [0.15, 0.2) is 23.2 Å². The molecule has 0 aromatic carbocycles. The highest BCUT2D eigenvalue weighted by molar-refractivity contribution is 5.94. The molecule has 0 bridgehead atoms. The molecule has 0 aliphatic heterocycles. The molecule has 0 saturated heterocycles. The first-order valence-electron chi connectivity index (χ1n) is 3.75. The van der Waals surface area contributed by atoms with Crippen LogP contribution in [-0.2, 0) is 0 Å². The van der Waals surface area contributed by atoms with Crippen LogP contribution in [0, 0.1) is 30.6 Å². The highest BCUT2D eigenvalue weighted by atomic mass is 16.8. The van der Waals surface area contributed by atoms with Gasteiger partial charge in [0.15, 0.2) is 0 Å². The van der Waals surface area contributed by atoms with E-state index in [9.17, 15) is 35.7 Å². The summed E-state index contributed by atoms with van der Waals surface area (Å²) >= 11 is 0. The molecule has 1 rings (SSSR count). The van der Waals surface area contributed by atoms with Gasteiger partial charge in [0, 0.05) is 5.76 Å². The van der Waals surface area contributed by atoms with Crippen LogP contribution in [0.1, 0.15) is 6.42 Å². The molecule has 86 valence electrons. The van der Waals surface area contributed by atoms with Crippen molar-refractivity contribution in [2.24, 2.45) is 0 Å². The molecule has 0 aromatic rings. The number of nitro groups is 2. The van der Waals surface area contributed by atoms with Gasteiger partial charge in [-0.15, -0.1) is 0 Å². The van der Waals surface area contributed by atoms with Crippen molar-refractivity contribution in [3.63, 3.8) is 0 Å². The number of nitrogens with zero attached hydrogens (tertiary/aromatic N) is 3. The van der Waals surface area contributed by atoms with Crippen LogP contribution in [0.5, 0.6) is 0 Å². The lowest BCUT2D eigenvalue weighted by Crippen LogP contribution is -2.27. The van der Waals surface area contributed by atoms with Gasteiger partial charge < -0.3 is 15.5 Å². The molecule has 10 heteroatoms. The molecule has 0 N–H and O–H groups in total. The Morgan fingerprint density at radius 1 is 1.06 bits per heavy atom. The maximum atomic E-state index is 11.2. The summed E-state index contributed by atoms with van der Waals surface area (Å²) in [5.74, 6) is -1.40. The third kappa shape index (κ3) is 1.89. The molecule has 16 heavy (non-hydrogen) atoms. The van der Waals surface area contributed by atoms with E-state index in [4.69, 9.17) is 0 Å². The van der Waals surface area contributed by atoms with Gasteiger partial charge in [-0.2, -0.15) is 4.90 Å². The van der Waals surface area contributed by atoms with Crippen LogP contribution in [-0.4, -0.2) is 20.5 Å². The van der Waals surface area contributed by atoms with Crippen molar-refractivity contribution in [2.45, 2.75) is 6.42 Å². The van der Waals surface area contributed by atoms with Gasteiger partial charge >= 0.3 is 0 Å². The molecule has 0 spiro atoms. The Hall–Kier alpha value is -2.65. The second-order valence-electron chi connectivity index (χ2n) is 2.74. The molecule has 0 unspecified atom stereocenters. The lowest BCUT2D eigenvalue weighted by Gasteiger charge is -2.16. The molecule has 0 atom stereocenters. The zero-order valence-corrected chi connectivity index (χ0v) is 7.48. The van der Waals surface area contributed by atoms with E-state index < -0.39 is 44.0 Å². The largest absolute Gasteiger partial charge is 0.863 e. The van der Waals surface area contributed by atoms with Crippen molar-refractivity contribution in [3.8, 4) is 0 Å². The fourth-order valence-electron chi connectivity index (χ4n) is 1.07. The van der Waals surface area contributed by atoms with Crippen LogP contribution in [0.4, 0.5) is 0 Å². The third-order valence-corrected chi connectivity index (χ3v) is 1.80. The van der Waals surface area contributed by atoms with Crippen molar-refractivity contribution >= 4 is 5.71 Å². The van der Waals surface area contributed by atoms with Gasteiger partial charge in [0.25, 0.3) is 11.4 Å². The SMILES string of the molecule is O=[N+]([O-])C1=CC(=[N+]([O-])[O-])CC([N+](=O)[O-])=C1[O-]. The maximum absolute atomic E-state index is 11.2. The Kier molecular flexibility index (Phi) is 2.74. The van der Waals surface area contributed by atoms with Gasteiger partial charge in [0.1, 0.15) is 6.42 Å². The molecular weight excluding hydrogens is 226 g/mol. The summed E-state index contributed by atoms with van der Waals surface area (Å²) in [7, 11) is 0. The average molecular weight is 229 g/mol. The number of hydrogen-bond acceptors (Lipinski definition) is 7. The fraction of sp³-hybridized carbons (Fsp3) is 0.167. The standard InChI is InChI=1S/C6H4N3O7/c10-6-4(8(13)14)1-3(7(11)12)2-5(6)9(15)16/h1H,2H2,(H-,10,11,12)/q-1/p-1. The Labute approximate surface area is 86.9 Å². The zero-order valence-electron chi connectivity index (χ0n) is 7.48. The van der Waals surface area contributed by atoms with Crippen LogP contribution in [0.25, 0.3) is 0 Å². The van der Waals surface area contributed by atoms with E-state index >= 15 is 0 Å². The molecule has 0 heterocycles. The van der Waals surface area contributed by atoms with Crippen molar-refractivity contribution in [1.82, 2.24) is 0 Å². The van der Waals surface area contributed by atoms with Crippen molar-refractivity contribution < 1.29 is 19.9 Å². The van der Waals surface area contributed by atoms with Gasteiger partial charge in [-0.1, -0.05) is 0 Å². The summed E-state index contributed by atoms with van der Waals surface area (Å²) in [6.07, 6.45) is -0.383. The van der Waals surface area contributed by atoms with E-state index in [1.807, 2.05) is 0 Å². The normalized spacial score (nSPS) is 15.8. The van der Waals surface area contributed by atoms with Crippen LogP contribution < -0.4 is 5.11 Å². The van der Waals surface area contributed by atoms with Crippen molar-refractivity contribution in [1.29, 1.82) is 0 Å². The molecule has 0 saturated carbocycles. The molecule has 10 nitrogen and oxygen atoms in total. The highest BCUT2D eigenvalue weighted by Gasteiger charge is 2.31. The minimum atomic E-state index is -1.40. The van der Waals surface area contributed by atoms with Crippen LogP contribution in [0.2, 0.25) is 0 Å². The summed E-state index contributed by atoms with van der Waals surface area (Å²) < 4.78 is 0. The summed E-state index contributed by atoms with van der Waals surface area (Å²) in [5.41, 5.74) is -2.98. The molecule has 1 aliphatic carbocycles. The average Bonchev–Trinajstić information content (AvgIpc) is 2.16. The van der Waals surface area contributed by atoms with Gasteiger partial charge in [0.05, 0.1) is 15.9 Å². The summed E-state index contributed by atoms with van der Waals surface area (Å²) in [6.45, 7) is 0. The smallest absolute Gasteiger partial charge is 0.274 e. The third-order valence-electron chi connectivity index (χ3n) is 1.80. The summed E-state index contributed by atoms with van der Waals surface area (Å²) in [6, 6.07) is 0. The lowest BCUT2D eigenvalue weighted by molar-refractivity contribution is -0.472. The molecular formula is C6H3N3O7-2. The van der Waals surface area contributed by atoms with Crippen LogP contribution in [0.3, 0.4) is 0 Å². The molecule has 0 fully saturated rings. The molecule has 0 amide bonds. The zero-order chi connectivity index (χ0) is 12.5. The topological polar surface area (TPSA) is 158 Å². The quantitative estimate of drug-likeness (QED) is 0.328. The first-order chi connectivity index (χ1) is 7.34. The van der Waals surface area contributed by atoms with E-state index in [0.29, 0.717) is 6.08 Å². The predicted octanol–water partition coefficient (Wildman–Crippen LogP) is -1.15. The predicted molar refractivity (Wildman–Crippen MR) is 45.7 cm³/mol. The highest BCUT2D eigenvalue weighted by Crippen LogP contribution is 2.20. The first-order valence-corrected chi connectivity index (χ1v) is 3.75. The summed E-state index contributed by atoms with van der Waals surface area (Å²) in [5, 5.41) is 52.6.